The summed E-state index contributed by atoms with van der Waals surface area (Å²) in [6.07, 6.45) is 15.3. The fraction of sp³-hybridized carbons (Fsp3) is 0.415. The summed E-state index contributed by atoms with van der Waals surface area (Å²) in [6, 6.07) is 20.3. The monoisotopic (exact) mass is 700 g/mol. The summed E-state index contributed by atoms with van der Waals surface area (Å²) in [5.41, 5.74) is 4.22. The summed E-state index contributed by atoms with van der Waals surface area (Å²) in [4.78, 5) is 29.6. The van der Waals surface area contributed by atoms with Crippen LogP contribution in [0.15, 0.2) is 88.3 Å². The van der Waals surface area contributed by atoms with E-state index in [1.165, 1.54) is 44.1 Å². The lowest BCUT2D eigenvalue weighted by Crippen LogP contribution is -2.43. The van der Waals surface area contributed by atoms with Crippen molar-refractivity contribution in [1.82, 2.24) is 0 Å². The van der Waals surface area contributed by atoms with Gasteiger partial charge in [-0.15, -0.1) is 0 Å². The molecule has 0 unspecified atom stereocenters. The van der Waals surface area contributed by atoms with Gasteiger partial charge in [0.2, 0.25) is 0 Å². The molecule has 0 saturated heterocycles. The number of ether oxygens (including phenoxy) is 2. The van der Waals surface area contributed by atoms with E-state index in [0.717, 1.165) is 54.1 Å². The zero-order chi connectivity index (χ0) is 34.8. The van der Waals surface area contributed by atoms with Gasteiger partial charge in [-0.3, -0.25) is 9.59 Å². The van der Waals surface area contributed by atoms with Gasteiger partial charge in [0.05, 0.1) is 18.5 Å². The smallest absolute Gasteiger partial charge is 0.265 e. The van der Waals surface area contributed by atoms with Crippen molar-refractivity contribution in [2.75, 3.05) is 23.5 Å². The minimum Gasteiger partial charge on any atom is -0.497 e. The van der Waals surface area contributed by atoms with E-state index in [-0.39, 0.29) is 18.4 Å². The van der Waals surface area contributed by atoms with Gasteiger partial charge < -0.3 is 19.3 Å². The maximum absolute atomic E-state index is 12.9. The number of thiophene rings is 2. The highest BCUT2D eigenvalue weighted by atomic mass is 32.1. The van der Waals surface area contributed by atoms with Crippen molar-refractivity contribution in [3.63, 3.8) is 0 Å². The van der Waals surface area contributed by atoms with E-state index in [9.17, 15) is 9.59 Å². The third-order valence-corrected chi connectivity index (χ3v) is 10.2. The Balaban J connectivity index is 0.000000210. The summed E-state index contributed by atoms with van der Waals surface area (Å²) in [5.74, 6) is 1.69. The molecule has 4 aromatic rings. The molecule has 2 aliphatic rings. The van der Waals surface area contributed by atoms with Crippen molar-refractivity contribution >= 4 is 51.9 Å². The molecule has 0 bridgehead atoms. The van der Waals surface area contributed by atoms with Crippen LogP contribution in [0.1, 0.15) is 89.2 Å². The van der Waals surface area contributed by atoms with E-state index in [1.807, 2.05) is 108 Å². The largest absolute Gasteiger partial charge is 0.497 e. The first kappa shape index (κ1) is 37.9. The summed E-state index contributed by atoms with van der Waals surface area (Å²) in [6.45, 7) is 6.13. The van der Waals surface area contributed by atoms with E-state index in [4.69, 9.17) is 9.47 Å². The summed E-state index contributed by atoms with van der Waals surface area (Å²) in [7, 11) is 1.65. The number of hydrogen-bond acceptors (Lipinski definition) is 6. The molecule has 262 valence electrons. The van der Waals surface area contributed by atoms with Crippen molar-refractivity contribution in [3.05, 3.63) is 99.4 Å². The van der Waals surface area contributed by atoms with E-state index in [1.54, 1.807) is 35.9 Å². The zero-order valence-corrected chi connectivity index (χ0v) is 31.1. The first-order valence-electron chi connectivity index (χ1n) is 17.7. The Bertz CT molecular complexity index is 1520. The Morgan fingerprint density at radius 2 is 1.22 bits per heavy atom. The highest BCUT2D eigenvalue weighted by Crippen LogP contribution is 2.30. The number of carbonyl (C=O) groups is 2. The molecule has 49 heavy (non-hydrogen) atoms. The number of amides is 2. The Labute approximate surface area is 301 Å². The fourth-order valence-electron chi connectivity index (χ4n) is 6.36. The van der Waals surface area contributed by atoms with Crippen LogP contribution in [0.25, 0.3) is 6.08 Å². The van der Waals surface area contributed by atoms with Gasteiger partial charge in [0.25, 0.3) is 11.8 Å². The minimum atomic E-state index is 0.0517. The van der Waals surface area contributed by atoms with E-state index < -0.39 is 0 Å². The molecular weight excluding hydrogens is 649 g/mol. The molecule has 6 rings (SSSR count). The molecule has 2 amide bonds. The Hall–Kier alpha value is -3.88. The molecule has 0 spiro atoms. The molecule has 0 atom stereocenters. The van der Waals surface area contributed by atoms with Gasteiger partial charge in [0, 0.05) is 28.9 Å². The Morgan fingerprint density at radius 1 is 0.714 bits per heavy atom. The molecule has 2 heterocycles. The molecule has 6 nitrogen and oxygen atoms in total. The van der Waals surface area contributed by atoms with Crippen LogP contribution in [0.2, 0.25) is 0 Å². The maximum atomic E-state index is 12.9. The quantitative estimate of drug-likeness (QED) is 0.155. The van der Waals surface area contributed by atoms with Crippen LogP contribution >= 0.6 is 22.7 Å². The number of anilines is 2. The minimum absolute atomic E-state index is 0.0517. The van der Waals surface area contributed by atoms with Crippen LogP contribution in [-0.4, -0.2) is 37.6 Å². The topological polar surface area (TPSA) is 59.1 Å². The lowest BCUT2D eigenvalue weighted by molar-refractivity contribution is -0.121. The third kappa shape index (κ3) is 11.6. The second kappa shape index (κ2) is 20.6. The molecule has 2 saturated carbocycles. The van der Waals surface area contributed by atoms with Gasteiger partial charge in [-0.1, -0.05) is 82.2 Å². The zero-order valence-electron chi connectivity index (χ0n) is 29.5. The molecule has 0 radical (unpaired) electrons. The maximum Gasteiger partial charge on any atom is 0.265 e. The van der Waals surface area contributed by atoms with Crippen molar-refractivity contribution in [3.8, 4) is 11.5 Å². The van der Waals surface area contributed by atoms with Crippen LogP contribution in [-0.2, 0) is 9.59 Å². The lowest BCUT2D eigenvalue weighted by atomic mass is 9.94. The SMILES string of the molecule is CC.COc1ccc(/C=C/C(=O)N(c2ccsc2)C2CCCCC2)cc1.Cc1ccc(OCC(=O)N(c2ccsc2)C2CCCCC2)cc1. The van der Waals surface area contributed by atoms with Gasteiger partial charge >= 0.3 is 0 Å². The Morgan fingerprint density at radius 3 is 1.73 bits per heavy atom. The number of aryl methyl sites for hydroxylation is 1. The van der Waals surface area contributed by atoms with Crippen LogP contribution in [0.5, 0.6) is 11.5 Å². The standard InChI is InChI=1S/C20H23NO2S.C19H23NO2S.C2H6/c1-23-19-10-7-16(8-11-19)9-12-20(22)21(18-13-14-24-15-18)17-5-3-2-4-6-17;1-15-7-9-18(10-8-15)22-13-19(21)20(17-11-12-23-14-17)16-5-3-2-4-6-16;1-2/h7-15,17H,2-6H2,1H3;7-12,14,16H,2-6,13H2,1H3;1-2H3/b12-9+;;. The lowest BCUT2D eigenvalue weighted by Gasteiger charge is -2.33. The van der Waals surface area contributed by atoms with Crippen molar-refractivity contribution in [2.45, 2.75) is 97.1 Å². The third-order valence-electron chi connectivity index (χ3n) is 8.87. The molecule has 8 heteroatoms. The Kier molecular flexibility index (Phi) is 15.9. The molecule has 2 aliphatic carbocycles. The average molecular weight is 701 g/mol. The first-order valence-corrected chi connectivity index (χ1v) is 19.6. The van der Waals surface area contributed by atoms with Gasteiger partial charge in [-0.05, 0) is 91.4 Å². The molecule has 2 aromatic heterocycles. The number of benzene rings is 2. The van der Waals surface area contributed by atoms with Crippen molar-refractivity contribution in [2.24, 2.45) is 0 Å². The molecule has 0 N–H and O–H groups in total. The number of methoxy groups -OCH3 is 1. The van der Waals surface area contributed by atoms with Crippen LogP contribution < -0.4 is 19.3 Å². The second-order valence-electron chi connectivity index (χ2n) is 12.2. The van der Waals surface area contributed by atoms with E-state index >= 15 is 0 Å². The van der Waals surface area contributed by atoms with Gasteiger partial charge in [-0.25, -0.2) is 0 Å². The molecule has 0 aliphatic heterocycles. The molecule has 2 fully saturated rings. The summed E-state index contributed by atoms with van der Waals surface area (Å²) >= 11 is 3.27. The van der Waals surface area contributed by atoms with Crippen LogP contribution in [0.4, 0.5) is 11.4 Å². The first-order chi connectivity index (χ1) is 24.0. The summed E-state index contributed by atoms with van der Waals surface area (Å²) < 4.78 is 10.9. The van der Waals surface area contributed by atoms with E-state index in [2.05, 4.69) is 10.8 Å². The molecular formula is C41H52N2O4S2. The van der Waals surface area contributed by atoms with Gasteiger partial charge in [-0.2, -0.15) is 22.7 Å². The van der Waals surface area contributed by atoms with Gasteiger partial charge in [0.1, 0.15) is 11.5 Å². The van der Waals surface area contributed by atoms with Crippen LogP contribution in [0, 0.1) is 6.92 Å². The van der Waals surface area contributed by atoms with Crippen molar-refractivity contribution < 1.29 is 19.1 Å². The summed E-state index contributed by atoms with van der Waals surface area (Å²) in [5, 5.41) is 8.18. The highest BCUT2D eigenvalue weighted by Gasteiger charge is 2.28. The number of nitrogens with zero attached hydrogens (tertiary/aromatic N) is 2. The number of rotatable bonds is 10. The normalized spacial score (nSPS) is 14.9. The van der Waals surface area contributed by atoms with Crippen molar-refractivity contribution in [1.29, 1.82) is 0 Å². The predicted molar refractivity (Wildman–Crippen MR) is 207 cm³/mol. The second-order valence-corrected chi connectivity index (χ2v) is 13.8. The molecule has 2 aromatic carbocycles. The predicted octanol–water partition coefficient (Wildman–Crippen LogP) is 11.0. The van der Waals surface area contributed by atoms with E-state index in [0.29, 0.717) is 12.1 Å². The van der Waals surface area contributed by atoms with Gasteiger partial charge in [0.15, 0.2) is 6.61 Å². The highest BCUT2D eigenvalue weighted by molar-refractivity contribution is 7.08. The average Bonchev–Trinajstić information content (AvgIpc) is 3.89. The number of hydrogen-bond donors (Lipinski definition) is 0. The number of carbonyl (C=O) groups excluding carboxylic acids is 2. The van der Waals surface area contributed by atoms with Crippen LogP contribution in [0.3, 0.4) is 0 Å². The fourth-order valence-corrected chi connectivity index (χ4v) is 7.61.